The number of hydrogen-bond acceptors (Lipinski definition) is 9. The molecule has 180 valence electrons. The van der Waals surface area contributed by atoms with Crippen LogP contribution in [-0.4, -0.2) is 57.8 Å². The second-order valence-electron chi connectivity index (χ2n) is 10.2. The van der Waals surface area contributed by atoms with Crippen LogP contribution in [0.5, 0.6) is 0 Å². The Morgan fingerprint density at radius 3 is 2.70 bits per heavy atom. The van der Waals surface area contributed by atoms with Gasteiger partial charge >= 0.3 is 5.97 Å². The average Bonchev–Trinajstić information content (AvgIpc) is 3.02. The van der Waals surface area contributed by atoms with Crippen LogP contribution >= 0.6 is 0 Å². The summed E-state index contributed by atoms with van der Waals surface area (Å²) >= 11 is 0. The maximum Gasteiger partial charge on any atom is 0.332 e. The Morgan fingerprint density at radius 1 is 1.27 bits per heavy atom. The van der Waals surface area contributed by atoms with Crippen molar-refractivity contribution in [3.05, 3.63) is 33.9 Å². The van der Waals surface area contributed by atoms with E-state index in [9.17, 15) is 34.7 Å². The number of carbonyl (C=O) groups is 3. The maximum atomic E-state index is 13.0. The molecule has 0 bridgehead atoms. The Labute approximate surface area is 190 Å². The molecule has 0 aromatic carbocycles. The number of ether oxygens (including phenoxy) is 1. The van der Waals surface area contributed by atoms with Gasteiger partial charge in [-0.05, 0) is 56.1 Å². The molecule has 4 rings (SSSR count). The van der Waals surface area contributed by atoms with Crippen LogP contribution in [0, 0.1) is 38.7 Å². The van der Waals surface area contributed by atoms with Crippen LogP contribution in [-0.2, 0) is 24.0 Å². The summed E-state index contributed by atoms with van der Waals surface area (Å²) in [6.07, 6.45) is 6.75. The van der Waals surface area contributed by atoms with Gasteiger partial charge in [-0.1, -0.05) is 25.5 Å². The van der Waals surface area contributed by atoms with Crippen molar-refractivity contribution in [3.63, 3.8) is 0 Å². The number of rotatable bonds is 6. The van der Waals surface area contributed by atoms with E-state index in [0.717, 1.165) is 12.0 Å². The molecule has 2 N–H and O–H groups in total. The van der Waals surface area contributed by atoms with E-state index in [-0.39, 0.29) is 36.4 Å². The molecule has 4 aliphatic rings. The minimum absolute atomic E-state index is 0.0298. The van der Waals surface area contributed by atoms with E-state index >= 15 is 0 Å². The number of ketones is 2. The maximum absolute atomic E-state index is 13.0. The van der Waals surface area contributed by atoms with Gasteiger partial charge in [-0.25, -0.2) is 4.79 Å². The number of esters is 1. The first-order chi connectivity index (χ1) is 15.4. The van der Waals surface area contributed by atoms with E-state index in [1.807, 2.05) is 19.9 Å². The van der Waals surface area contributed by atoms with Crippen LogP contribution in [0.25, 0.3) is 0 Å². The monoisotopic (exact) mass is 463 g/mol. The SMILES string of the molecule is C[C@]12C=CC(=O)C=C1CC[C@@H]1[C@@H]2[C@@H](O)C[C@@]2(C)[C@H]1CC[C@]2(O)C(=O)COC(=O)CO[N+](=O)[O-]. The van der Waals surface area contributed by atoms with Gasteiger partial charge in [-0.3, -0.25) is 9.59 Å². The van der Waals surface area contributed by atoms with E-state index in [2.05, 4.69) is 4.84 Å². The molecule has 3 fully saturated rings. The van der Waals surface area contributed by atoms with E-state index in [1.54, 1.807) is 12.2 Å². The molecule has 0 spiro atoms. The third-order valence-electron chi connectivity index (χ3n) is 8.76. The summed E-state index contributed by atoms with van der Waals surface area (Å²) in [5, 5.41) is 31.9. The van der Waals surface area contributed by atoms with Crippen molar-refractivity contribution in [1.82, 2.24) is 0 Å². The van der Waals surface area contributed by atoms with E-state index < -0.39 is 52.6 Å². The molecule has 7 atom stereocenters. The minimum Gasteiger partial charge on any atom is -0.456 e. The highest BCUT2D eigenvalue weighted by molar-refractivity contribution is 6.01. The van der Waals surface area contributed by atoms with E-state index in [4.69, 9.17) is 4.74 Å². The number of fused-ring (bicyclic) bond motifs is 5. The lowest BCUT2D eigenvalue weighted by molar-refractivity contribution is -0.754. The number of aliphatic hydroxyl groups is 2. The predicted molar refractivity (Wildman–Crippen MR) is 112 cm³/mol. The van der Waals surface area contributed by atoms with Gasteiger partial charge in [0.05, 0.1) is 6.10 Å². The van der Waals surface area contributed by atoms with E-state index in [0.29, 0.717) is 12.8 Å². The molecular formula is C23H29NO9. The molecule has 33 heavy (non-hydrogen) atoms. The van der Waals surface area contributed by atoms with Crippen molar-refractivity contribution >= 4 is 17.5 Å². The fraction of sp³-hybridized carbons (Fsp3) is 0.696. The predicted octanol–water partition coefficient (Wildman–Crippen LogP) is 1.32. The quantitative estimate of drug-likeness (QED) is 0.337. The van der Waals surface area contributed by atoms with Crippen LogP contribution in [0.4, 0.5) is 0 Å². The summed E-state index contributed by atoms with van der Waals surface area (Å²) in [6, 6.07) is 0. The molecule has 0 radical (unpaired) electrons. The first-order valence-electron chi connectivity index (χ1n) is 11.2. The van der Waals surface area contributed by atoms with Gasteiger partial charge in [0.25, 0.3) is 5.09 Å². The van der Waals surface area contributed by atoms with Crippen molar-refractivity contribution in [3.8, 4) is 0 Å². The molecule has 0 aromatic rings. The van der Waals surface area contributed by atoms with Crippen LogP contribution in [0.2, 0.25) is 0 Å². The first kappa shape index (κ1) is 23.6. The Balaban J connectivity index is 1.53. The topological polar surface area (TPSA) is 153 Å². The highest BCUT2D eigenvalue weighted by Crippen LogP contribution is 2.67. The third-order valence-corrected chi connectivity index (χ3v) is 8.76. The summed E-state index contributed by atoms with van der Waals surface area (Å²) in [4.78, 5) is 50.7. The van der Waals surface area contributed by atoms with E-state index in [1.165, 1.54) is 0 Å². The zero-order chi connectivity index (χ0) is 24.2. The Bertz CT molecular complexity index is 958. The zero-order valence-electron chi connectivity index (χ0n) is 18.7. The van der Waals surface area contributed by atoms with Crippen LogP contribution < -0.4 is 0 Å². The molecule has 0 saturated heterocycles. The Kier molecular flexibility index (Phi) is 5.73. The van der Waals surface area contributed by atoms with Gasteiger partial charge in [0, 0.05) is 16.7 Å². The Hall–Kier alpha value is -2.59. The summed E-state index contributed by atoms with van der Waals surface area (Å²) in [5.41, 5.74) is -2.13. The molecule has 0 amide bonds. The van der Waals surface area contributed by atoms with Gasteiger partial charge in [0.15, 0.2) is 19.0 Å². The molecule has 0 heterocycles. The molecule has 3 saturated carbocycles. The molecule has 0 aliphatic heterocycles. The van der Waals surface area contributed by atoms with Crippen molar-refractivity contribution in [2.24, 2.45) is 28.6 Å². The fourth-order valence-corrected chi connectivity index (χ4v) is 7.20. The summed E-state index contributed by atoms with van der Waals surface area (Å²) in [7, 11) is 0. The largest absolute Gasteiger partial charge is 0.456 e. The zero-order valence-corrected chi connectivity index (χ0v) is 18.7. The lowest BCUT2D eigenvalue weighted by Crippen LogP contribution is -2.61. The number of Topliss-reactive ketones (excluding diaryl/α,β-unsaturated/α-hetero) is 1. The average molecular weight is 463 g/mol. The van der Waals surface area contributed by atoms with Crippen molar-refractivity contribution in [2.75, 3.05) is 13.2 Å². The van der Waals surface area contributed by atoms with Gasteiger partial charge in [0.2, 0.25) is 5.78 Å². The van der Waals surface area contributed by atoms with Crippen molar-refractivity contribution < 1.29 is 39.3 Å². The number of aliphatic hydroxyl groups excluding tert-OH is 1. The molecular weight excluding hydrogens is 434 g/mol. The van der Waals surface area contributed by atoms with Crippen molar-refractivity contribution in [2.45, 2.75) is 57.7 Å². The van der Waals surface area contributed by atoms with Crippen LogP contribution in [0.15, 0.2) is 23.8 Å². The van der Waals surface area contributed by atoms with Gasteiger partial charge < -0.3 is 19.8 Å². The number of carbonyl (C=O) groups excluding carboxylic acids is 3. The molecule has 0 aromatic heterocycles. The Morgan fingerprint density at radius 2 is 2.00 bits per heavy atom. The standard InChI is InChI=1S/C23H29NO9/c1-21-7-5-14(25)9-13(21)3-4-15-16-6-8-23(29,22(16,2)10-17(26)20(15)21)18(27)11-32-19(28)12-33-24(30)31/h5,7,9,15-17,20,26,29H,3-4,6,8,10-12H2,1-2H3/t15-,16-,17-,20+,21-,22-,23-/m0/s1. The van der Waals surface area contributed by atoms with Gasteiger partial charge in [-0.15, -0.1) is 10.1 Å². The lowest BCUT2D eigenvalue weighted by atomic mass is 9.46. The highest BCUT2D eigenvalue weighted by Gasteiger charge is 2.68. The van der Waals surface area contributed by atoms with Crippen LogP contribution in [0.1, 0.15) is 46.0 Å². The highest BCUT2D eigenvalue weighted by atomic mass is 17.0. The summed E-state index contributed by atoms with van der Waals surface area (Å²) < 4.78 is 4.80. The third kappa shape index (κ3) is 3.59. The van der Waals surface area contributed by atoms with Gasteiger partial charge in [-0.2, -0.15) is 0 Å². The normalized spacial score (nSPS) is 41.3. The molecule has 4 aliphatic carbocycles. The molecule has 10 heteroatoms. The van der Waals surface area contributed by atoms with Crippen LogP contribution in [0.3, 0.4) is 0 Å². The van der Waals surface area contributed by atoms with Crippen molar-refractivity contribution in [1.29, 1.82) is 0 Å². The van der Waals surface area contributed by atoms with Gasteiger partial charge in [0.1, 0.15) is 5.60 Å². The fourth-order valence-electron chi connectivity index (χ4n) is 7.20. The second-order valence-corrected chi connectivity index (χ2v) is 10.2. The summed E-state index contributed by atoms with van der Waals surface area (Å²) in [6.45, 7) is 2.20. The second kappa shape index (κ2) is 8.02. The summed E-state index contributed by atoms with van der Waals surface area (Å²) in [5.74, 6) is -1.91. The number of nitrogens with zero attached hydrogens (tertiary/aromatic N) is 1. The number of hydrogen-bond donors (Lipinski definition) is 2. The first-order valence-corrected chi connectivity index (χ1v) is 11.2. The molecule has 10 nitrogen and oxygen atoms in total. The number of allylic oxidation sites excluding steroid dienone is 4. The lowest BCUT2D eigenvalue weighted by Gasteiger charge is -2.59. The minimum atomic E-state index is -1.79. The smallest absolute Gasteiger partial charge is 0.332 e. The molecule has 0 unspecified atom stereocenters.